The molecule has 1 aromatic heterocycles. The van der Waals surface area contributed by atoms with E-state index in [1.807, 2.05) is 18.2 Å². The number of amides is 1. The quantitative estimate of drug-likeness (QED) is 0.817. The molecule has 4 rings (SSSR count). The van der Waals surface area contributed by atoms with E-state index in [0.717, 1.165) is 35.5 Å². The topological polar surface area (TPSA) is 94.1 Å². The maximum Gasteiger partial charge on any atom is 0.345 e. The number of carbonyl (C=O) groups excluding carboxylic acids is 1. The minimum absolute atomic E-state index is 0.150. The van der Waals surface area contributed by atoms with Crippen LogP contribution in [0.4, 0.5) is 0 Å². The number of carbonyl (C=O) groups is 2. The Hall–Kier alpha value is -2.58. The van der Waals surface area contributed by atoms with Crippen molar-refractivity contribution < 1.29 is 28.9 Å². The van der Waals surface area contributed by atoms with E-state index in [1.54, 1.807) is 6.07 Å². The van der Waals surface area contributed by atoms with Crippen molar-refractivity contribution in [2.24, 2.45) is 0 Å². The number of hydrogen-bond donors (Lipinski definition) is 2. The number of benzene rings is 1. The van der Waals surface area contributed by atoms with Gasteiger partial charge < -0.3 is 24.6 Å². The van der Waals surface area contributed by atoms with Crippen LogP contribution in [0.5, 0.6) is 11.5 Å². The molecule has 0 unspecified atom stereocenters. The zero-order valence-electron chi connectivity index (χ0n) is 14.5. The minimum atomic E-state index is -1.03. The van der Waals surface area contributed by atoms with E-state index in [0.29, 0.717) is 30.4 Å². The average Bonchev–Trinajstić information content (AvgIpc) is 3.35. The van der Waals surface area contributed by atoms with E-state index < -0.39 is 5.97 Å². The molecule has 0 saturated carbocycles. The first-order chi connectivity index (χ1) is 13.1. The molecular weight excluding hydrogens is 370 g/mol. The summed E-state index contributed by atoms with van der Waals surface area (Å²) in [6.45, 7) is 1.89. The van der Waals surface area contributed by atoms with Crippen LogP contribution in [-0.2, 0) is 10.2 Å². The minimum Gasteiger partial charge on any atom is -0.477 e. The summed E-state index contributed by atoms with van der Waals surface area (Å²) >= 11 is 0.974. The highest BCUT2D eigenvalue weighted by molar-refractivity contribution is 7.15. The Morgan fingerprint density at radius 2 is 1.81 bits per heavy atom. The number of thiophene rings is 1. The van der Waals surface area contributed by atoms with Crippen LogP contribution in [0.1, 0.15) is 37.7 Å². The maximum absolute atomic E-state index is 12.5. The maximum atomic E-state index is 12.5. The molecule has 1 fully saturated rings. The molecule has 1 amide bonds. The number of carboxylic acids is 1. The standard InChI is InChI=1S/C19H19NO6S/c21-17(15-3-4-16(27-15)18(22)23)20-10-19(5-7-24-8-6-19)12-1-2-13-14(9-12)26-11-25-13/h1-4,9H,5-8,10-11H2,(H,20,21)(H,22,23). The van der Waals surface area contributed by atoms with Crippen molar-refractivity contribution in [3.8, 4) is 11.5 Å². The zero-order chi connectivity index (χ0) is 18.9. The van der Waals surface area contributed by atoms with Crippen LogP contribution in [-0.4, -0.2) is 43.5 Å². The Balaban J connectivity index is 1.53. The fourth-order valence-corrected chi connectivity index (χ4v) is 4.23. The second kappa shape index (κ2) is 7.21. The van der Waals surface area contributed by atoms with Gasteiger partial charge in [-0.3, -0.25) is 4.79 Å². The van der Waals surface area contributed by atoms with Crippen molar-refractivity contribution in [3.05, 3.63) is 45.6 Å². The van der Waals surface area contributed by atoms with Crippen LogP contribution in [0.15, 0.2) is 30.3 Å². The third kappa shape index (κ3) is 3.50. The molecule has 0 radical (unpaired) electrons. The van der Waals surface area contributed by atoms with Gasteiger partial charge in [-0.2, -0.15) is 0 Å². The second-order valence-electron chi connectivity index (χ2n) is 6.61. The molecule has 7 nitrogen and oxygen atoms in total. The smallest absolute Gasteiger partial charge is 0.345 e. The number of rotatable bonds is 5. The summed E-state index contributed by atoms with van der Waals surface area (Å²) in [6, 6.07) is 8.88. The molecule has 2 aliphatic rings. The predicted molar refractivity (Wildman–Crippen MR) is 97.9 cm³/mol. The largest absolute Gasteiger partial charge is 0.477 e. The van der Waals surface area contributed by atoms with Gasteiger partial charge in [-0.15, -0.1) is 11.3 Å². The third-order valence-corrected chi connectivity index (χ3v) is 6.13. The highest BCUT2D eigenvalue weighted by Gasteiger charge is 2.36. The van der Waals surface area contributed by atoms with Gasteiger partial charge in [-0.25, -0.2) is 4.79 Å². The summed E-state index contributed by atoms with van der Waals surface area (Å²) < 4.78 is 16.4. The highest BCUT2D eigenvalue weighted by atomic mass is 32.1. The molecule has 142 valence electrons. The molecule has 2 N–H and O–H groups in total. The molecule has 0 atom stereocenters. The van der Waals surface area contributed by atoms with Crippen LogP contribution < -0.4 is 14.8 Å². The summed E-state index contributed by atoms with van der Waals surface area (Å²) in [5.41, 5.74) is 0.814. The van der Waals surface area contributed by atoms with Crippen molar-refractivity contribution in [3.63, 3.8) is 0 Å². The molecule has 3 heterocycles. The summed E-state index contributed by atoms with van der Waals surface area (Å²) in [4.78, 5) is 24.1. The molecule has 27 heavy (non-hydrogen) atoms. The van der Waals surface area contributed by atoms with Gasteiger partial charge in [0.25, 0.3) is 5.91 Å². The molecule has 1 aromatic carbocycles. The van der Waals surface area contributed by atoms with E-state index in [1.165, 1.54) is 6.07 Å². The normalized spacial score (nSPS) is 17.5. The Morgan fingerprint density at radius 3 is 2.56 bits per heavy atom. The Morgan fingerprint density at radius 1 is 1.07 bits per heavy atom. The number of nitrogens with one attached hydrogen (secondary N) is 1. The van der Waals surface area contributed by atoms with Crippen molar-refractivity contribution >= 4 is 23.2 Å². The summed E-state index contributed by atoms with van der Waals surface area (Å²) in [5.74, 6) is 0.151. The van der Waals surface area contributed by atoms with E-state index in [9.17, 15) is 9.59 Å². The molecule has 1 saturated heterocycles. The molecular formula is C19H19NO6S. The SMILES string of the molecule is O=C(O)c1ccc(C(=O)NCC2(c3ccc4c(c3)OCO4)CCOCC2)s1. The molecule has 0 bridgehead atoms. The monoisotopic (exact) mass is 389 g/mol. The predicted octanol–water partition coefficient (Wildman–Crippen LogP) is 2.65. The van der Waals surface area contributed by atoms with Gasteiger partial charge in [0.2, 0.25) is 6.79 Å². The van der Waals surface area contributed by atoms with Gasteiger partial charge in [0, 0.05) is 25.2 Å². The lowest BCUT2D eigenvalue weighted by molar-refractivity contribution is 0.0487. The molecule has 0 aliphatic carbocycles. The van der Waals surface area contributed by atoms with Crippen LogP contribution in [0.2, 0.25) is 0 Å². The van der Waals surface area contributed by atoms with Crippen LogP contribution in [0.3, 0.4) is 0 Å². The highest BCUT2D eigenvalue weighted by Crippen LogP contribution is 2.40. The molecule has 0 spiro atoms. The molecule has 2 aliphatic heterocycles. The van der Waals surface area contributed by atoms with E-state index in [2.05, 4.69) is 5.32 Å². The number of ether oxygens (including phenoxy) is 3. The van der Waals surface area contributed by atoms with Gasteiger partial charge in [0.05, 0.1) is 4.88 Å². The van der Waals surface area contributed by atoms with E-state index in [4.69, 9.17) is 19.3 Å². The lowest BCUT2D eigenvalue weighted by Crippen LogP contribution is -2.44. The average molecular weight is 389 g/mol. The van der Waals surface area contributed by atoms with Crippen LogP contribution in [0.25, 0.3) is 0 Å². The van der Waals surface area contributed by atoms with Gasteiger partial charge in [0.15, 0.2) is 11.5 Å². The van der Waals surface area contributed by atoms with Crippen LogP contribution in [0, 0.1) is 0 Å². The van der Waals surface area contributed by atoms with Crippen molar-refractivity contribution in [2.45, 2.75) is 18.3 Å². The molecule has 2 aromatic rings. The first-order valence-corrected chi connectivity index (χ1v) is 9.48. The van der Waals surface area contributed by atoms with Gasteiger partial charge in [-0.05, 0) is 42.7 Å². The summed E-state index contributed by atoms with van der Waals surface area (Å²) in [7, 11) is 0. The Bertz CT molecular complexity index is 871. The summed E-state index contributed by atoms with van der Waals surface area (Å²) in [5, 5.41) is 12.0. The van der Waals surface area contributed by atoms with E-state index in [-0.39, 0.29) is 23.0 Å². The third-order valence-electron chi connectivity index (χ3n) is 5.06. The van der Waals surface area contributed by atoms with Crippen molar-refractivity contribution in [2.75, 3.05) is 26.6 Å². The molecule has 8 heteroatoms. The first kappa shape index (κ1) is 17.8. The van der Waals surface area contributed by atoms with Crippen molar-refractivity contribution in [1.29, 1.82) is 0 Å². The van der Waals surface area contributed by atoms with Gasteiger partial charge >= 0.3 is 5.97 Å². The second-order valence-corrected chi connectivity index (χ2v) is 7.70. The lowest BCUT2D eigenvalue weighted by atomic mass is 9.74. The lowest BCUT2D eigenvalue weighted by Gasteiger charge is -2.38. The Kier molecular flexibility index (Phi) is 4.75. The zero-order valence-corrected chi connectivity index (χ0v) is 15.3. The summed E-state index contributed by atoms with van der Waals surface area (Å²) in [6.07, 6.45) is 1.55. The van der Waals surface area contributed by atoms with Gasteiger partial charge in [-0.1, -0.05) is 6.07 Å². The number of fused-ring (bicyclic) bond motifs is 1. The van der Waals surface area contributed by atoms with E-state index >= 15 is 0 Å². The number of hydrogen-bond acceptors (Lipinski definition) is 6. The first-order valence-electron chi connectivity index (χ1n) is 8.67. The van der Waals surface area contributed by atoms with Crippen LogP contribution >= 0.6 is 11.3 Å². The fraction of sp³-hybridized carbons (Fsp3) is 0.368. The van der Waals surface area contributed by atoms with Gasteiger partial charge in [0.1, 0.15) is 4.88 Å². The Labute approximate surface area is 159 Å². The van der Waals surface area contributed by atoms with Crippen molar-refractivity contribution in [1.82, 2.24) is 5.32 Å². The fourth-order valence-electron chi connectivity index (χ4n) is 3.47. The number of carboxylic acid groups (broad SMARTS) is 1. The number of aromatic carboxylic acids is 1.